The third kappa shape index (κ3) is 38.8. The predicted octanol–water partition coefficient (Wildman–Crippen LogP) is 8.86. The molecule has 0 heterocycles. The fourth-order valence-electron chi connectivity index (χ4n) is 3.60. The Balaban J connectivity index is -0.000000648. The van der Waals surface area contributed by atoms with Gasteiger partial charge in [-0.3, -0.25) is 9.13 Å². The summed E-state index contributed by atoms with van der Waals surface area (Å²) in [6, 6.07) is 0. The van der Waals surface area contributed by atoms with Gasteiger partial charge in [0.05, 0.1) is 26.4 Å². The van der Waals surface area contributed by atoms with E-state index in [1.165, 1.54) is 51.4 Å². The van der Waals surface area contributed by atoms with Gasteiger partial charge in [-0.1, -0.05) is 130 Å². The molecule has 0 aromatic rings. The summed E-state index contributed by atoms with van der Waals surface area (Å²) in [5, 5.41) is 0. The molecule has 0 unspecified atom stereocenters. The van der Waals surface area contributed by atoms with Gasteiger partial charge in [0.1, 0.15) is 0 Å². The third-order valence-electron chi connectivity index (χ3n) is 5.99. The van der Waals surface area contributed by atoms with Crippen molar-refractivity contribution in [3.05, 3.63) is 0 Å². The Bertz CT molecular complexity index is 482. The molecule has 0 saturated heterocycles. The smallest absolute Gasteiger partial charge is 0.756 e. The van der Waals surface area contributed by atoms with Crippen LogP contribution in [0.5, 0.6) is 0 Å². The van der Waals surface area contributed by atoms with Gasteiger partial charge in [-0.05, 0) is 25.7 Å². The molecular weight excluding hydrogens is 592 g/mol. The predicted molar refractivity (Wildman–Crippen MR) is 154 cm³/mol. The van der Waals surface area contributed by atoms with Crippen LogP contribution in [0.3, 0.4) is 0 Å². The molecule has 0 aromatic heterocycles. The summed E-state index contributed by atoms with van der Waals surface area (Å²) in [5.74, 6) is 0. The maximum absolute atomic E-state index is 11.4. The molecule has 0 aromatic carbocycles. The van der Waals surface area contributed by atoms with Gasteiger partial charge in [-0.2, -0.15) is 0 Å². The first-order valence-electron chi connectivity index (χ1n) is 15.4. The van der Waals surface area contributed by atoms with Gasteiger partial charge in [-0.25, -0.2) is 0 Å². The minimum Gasteiger partial charge on any atom is -0.756 e. The number of hydrogen-bond acceptors (Lipinski definition) is 8. The number of hydrogen-bond donors (Lipinski definition) is 0. The topological polar surface area (TPSA) is 117 Å². The summed E-state index contributed by atoms with van der Waals surface area (Å²) in [5.41, 5.74) is 0. The van der Waals surface area contributed by atoms with Crippen LogP contribution >= 0.6 is 15.6 Å². The molecule has 0 fully saturated rings. The fourth-order valence-corrected chi connectivity index (χ4v) is 5.16. The third-order valence-corrected chi connectivity index (χ3v) is 7.98. The average molecular weight is 652 g/mol. The van der Waals surface area contributed by atoms with Crippen LogP contribution in [0.15, 0.2) is 0 Å². The molecule has 0 saturated carbocycles. The van der Waals surface area contributed by atoms with Crippen molar-refractivity contribution in [2.75, 3.05) is 26.4 Å². The van der Waals surface area contributed by atoms with E-state index in [0.29, 0.717) is 0 Å². The van der Waals surface area contributed by atoms with Crippen LogP contribution in [0.25, 0.3) is 0 Å². The molecule has 0 rings (SSSR count). The van der Waals surface area contributed by atoms with Crippen molar-refractivity contribution >= 4 is 15.6 Å². The molecule has 0 spiro atoms. The molecule has 0 amide bonds. The molecule has 8 nitrogen and oxygen atoms in total. The van der Waals surface area contributed by atoms with Crippen LogP contribution in [-0.2, 0) is 46.7 Å². The molecule has 0 N–H and O–H groups in total. The molecule has 232 valence electrons. The van der Waals surface area contributed by atoms with Gasteiger partial charge in [0.15, 0.2) is 0 Å². The zero-order valence-electron chi connectivity index (χ0n) is 25.8. The van der Waals surface area contributed by atoms with Crippen LogP contribution in [0, 0.1) is 0 Å². The van der Waals surface area contributed by atoms with E-state index in [-0.39, 0.29) is 45.9 Å². The zero-order valence-corrected chi connectivity index (χ0v) is 30.6. The Morgan fingerprint density at radius 2 is 0.564 bits per heavy atom. The zero-order chi connectivity index (χ0) is 28.8. The second kappa shape index (κ2) is 33.3. The summed E-state index contributed by atoms with van der Waals surface area (Å²) in [4.78, 5) is 22.8. The molecule has 0 aliphatic heterocycles. The molecular formula is C28H60O8P2Zn. The minimum absolute atomic E-state index is 0. The van der Waals surface area contributed by atoms with Crippen LogP contribution in [0.2, 0.25) is 0 Å². The van der Waals surface area contributed by atoms with Crippen molar-refractivity contribution in [2.24, 2.45) is 0 Å². The molecule has 11 heteroatoms. The summed E-state index contributed by atoms with van der Waals surface area (Å²) < 4.78 is 42.0. The molecule has 0 atom stereocenters. The Labute approximate surface area is 254 Å². The van der Waals surface area contributed by atoms with Crippen LogP contribution < -0.4 is 9.79 Å². The molecule has 0 bridgehead atoms. The van der Waals surface area contributed by atoms with E-state index in [0.717, 1.165) is 77.0 Å². The van der Waals surface area contributed by atoms with Gasteiger partial charge in [0, 0.05) is 0 Å². The van der Waals surface area contributed by atoms with Crippen molar-refractivity contribution in [1.82, 2.24) is 0 Å². The van der Waals surface area contributed by atoms with E-state index < -0.39 is 15.6 Å². The van der Waals surface area contributed by atoms with Crippen molar-refractivity contribution in [2.45, 2.75) is 156 Å². The Morgan fingerprint density at radius 3 is 0.744 bits per heavy atom. The standard InChI is InChI=1S/2C14H31O4P.Zn/c2*1-3-5-7-9-11-13-17-19(15,16)18-14-12-10-8-6-4-2;/h2*3-14H2,1-2H3,(H,15,16);/q;;+2/p-2. The molecule has 0 aliphatic carbocycles. The summed E-state index contributed by atoms with van der Waals surface area (Å²) >= 11 is 0. The van der Waals surface area contributed by atoms with Gasteiger partial charge >= 0.3 is 19.5 Å². The van der Waals surface area contributed by atoms with Crippen LogP contribution in [0.1, 0.15) is 156 Å². The van der Waals surface area contributed by atoms with E-state index in [1.807, 2.05) is 0 Å². The SMILES string of the molecule is CCCCCCCOP(=O)([O-])OCCCCCCC.CCCCCCCOP(=O)([O-])OCCCCCCC.[Zn+2]. The van der Waals surface area contributed by atoms with E-state index >= 15 is 0 Å². The van der Waals surface area contributed by atoms with Gasteiger partial charge in [-0.15, -0.1) is 0 Å². The molecule has 0 aliphatic rings. The Hall–Kier alpha value is 0.843. The number of phosphoric acid groups is 2. The van der Waals surface area contributed by atoms with Crippen molar-refractivity contribution in [1.29, 1.82) is 0 Å². The monoisotopic (exact) mass is 650 g/mol. The number of rotatable bonds is 28. The van der Waals surface area contributed by atoms with Gasteiger partial charge in [0.25, 0.3) is 15.6 Å². The van der Waals surface area contributed by atoms with Crippen molar-refractivity contribution < 1.29 is 56.5 Å². The Kier molecular flexibility index (Phi) is 37.9. The number of unbranched alkanes of at least 4 members (excludes halogenated alkanes) is 16. The molecule has 0 radical (unpaired) electrons. The summed E-state index contributed by atoms with van der Waals surface area (Å²) in [6.07, 6.45) is 21.3. The van der Waals surface area contributed by atoms with E-state index in [2.05, 4.69) is 27.7 Å². The second-order valence-electron chi connectivity index (χ2n) is 9.88. The van der Waals surface area contributed by atoms with E-state index in [4.69, 9.17) is 18.1 Å². The van der Waals surface area contributed by atoms with Crippen molar-refractivity contribution in [3.8, 4) is 0 Å². The number of phosphoric ester groups is 2. The maximum Gasteiger partial charge on any atom is 2.00 e. The van der Waals surface area contributed by atoms with E-state index in [1.54, 1.807) is 0 Å². The van der Waals surface area contributed by atoms with Crippen molar-refractivity contribution in [3.63, 3.8) is 0 Å². The van der Waals surface area contributed by atoms with Gasteiger partial charge < -0.3 is 27.9 Å². The minimum atomic E-state index is -4.05. The summed E-state index contributed by atoms with van der Waals surface area (Å²) in [7, 11) is -8.11. The Morgan fingerprint density at radius 1 is 0.385 bits per heavy atom. The first-order valence-corrected chi connectivity index (χ1v) is 18.4. The molecule has 39 heavy (non-hydrogen) atoms. The summed E-state index contributed by atoms with van der Waals surface area (Å²) in [6.45, 7) is 9.60. The van der Waals surface area contributed by atoms with Gasteiger partial charge in [0.2, 0.25) is 0 Å². The first-order chi connectivity index (χ1) is 18.2. The van der Waals surface area contributed by atoms with Crippen LogP contribution in [-0.4, -0.2) is 26.4 Å². The maximum atomic E-state index is 11.4. The fraction of sp³-hybridized carbons (Fsp3) is 1.00. The van der Waals surface area contributed by atoms with Crippen LogP contribution in [0.4, 0.5) is 0 Å². The normalized spacial score (nSPS) is 11.6. The van der Waals surface area contributed by atoms with E-state index in [9.17, 15) is 18.9 Å². The average Bonchev–Trinajstić information content (AvgIpc) is 2.88. The second-order valence-corrected chi connectivity index (χ2v) is 12.7. The largest absolute Gasteiger partial charge is 2.00 e. The first kappa shape index (κ1) is 44.3. The quantitative estimate of drug-likeness (QED) is 0.0468.